The summed E-state index contributed by atoms with van der Waals surface area (Å²) in [6.07, 6.45) is -7.15. The fraction of sp³-hybridized carbons (Fsp3) is 0.473. The van der Waals surface area contributed by atoms with E-state index in [0.717, 1.165) is 31.5 Å². The van der Waals surface area contributed by atoms with Crippen molar-refractivity contribution in [2.75, 3.05) is 52.3 Å². The van der Waals surface area contributed by atoms with Crippen LogP contribution in [0.2, 0.25) is 0 Å². The van der Waals surface area contributed by atoms with E-state index in [2.05, 4.69) is 52.8 Å². The number of phenols is 1. The maximum Gasteiger partial charge on any atom is 0.305 e. The molecule has 0 aliphatic carbocycles. The van der Waals surface area contributed by atoms with Gasteiger partial charge in [0.25, 0.3) is 0 Å². The number of aliphatic carboxylic acids is 2. The zero-order chi connectivity index (χ0) is 98.9. The summed E-state index contributed by atoms with van der Waals surface area (Å²) >= 11 is 0.640. The second-order valence-electron chi connectivity index (χ2n) is 34.8. The van der Waals surface area contributed by atoms with Crippen LogP contribution in [0.1, 0.15) is 120 Å². The van der Waals surface area contributed by atoms with E-state index in [0.29, 0.717) is 63.5 Å². The topological polar surface area (TPSA) is 558 Å². The number of nitrogens with two attached hydrogens (primary N) is 1. The van der Waals surface area contributed by atoms with Crippen molar-refractivity contribution in [2.24, 2.45) is 17.6 Å². The minimum Gasteiger partial charge on any atom is -0.508 e. The number of aromatic amines is 1. The first-order valence-electron chi connectivity index (χ1n) is 44.3. The molecule has 38 nitrogen and oxygen atoms in total. The first kappa shape index (κ1) is 105. The molecule has 5 aromatic carbocycles. The van der Waals surface area contributed by atoms with Crippen molar-refractivity contribution in [1.82, 2.24) is 77.3 Å². The molecule has 9 rings (SSSR count). The van der Waals surface area contributed by atoms with Crippen molar-refractivity contribution in [3.63, 3.8) is 0 Å². The number of carbonyl (C=O) groups is 17. The Hall–Kier alpha value is -13.5. The molecule has 15 amide bonds. The van der Waals surface area contributed by atoms with Gasteiger partial charge in [-0.3, -0.25) is 81.5 Å². The lowest BCUT2D eigenvalue weighted by Crippen LogP contribution is -2.62. The molecule has 0 radical (unpaired) electrons. The Morgan fingerprint density at radius 1 is 0.511 bits per heavy atom. The smallest absolute Gasteiger partial charge is 0.305 e. The normalized spacial score (nSPS) is 24.5. The Labute approximate surface area is 780 Å². The van der Waals surface area contributed by atoms with Crippen molar-refractivity contribution >= 4 is 123 Å². The van der Waals surface area contributed by atoms with Gasteiger partial charge in [-0.05, 0) is 89.2 Å². The number of carboxylic acids is 2. The summed E-state index contributed by atoms with van der Waals surface area (Å²) in [4.78, 5) is 258. The van der Waals surface area contributed by atoms with Gasteiger partial charge >= 0.3 is 11.9 Å². The summed E-state index contributed by atoms with van der Waals surface area (Å²) in [7, 11) is 3.54. The molecule has 6 aromatic rings. The van der Waals surface area contributed by atoms with Gasteiger partial charge < -0.3 is 109 Å². The number of amides is 15. The first-order valence-corrected chi connectivity index (χ1v) is 45.5. The van der Waals surface area contributed by atoms with Crippen molar-refractivity contribution in [2.45, 2.75) is 215 Å². The third-order valence-electron chi connectivity index (χ3n) is 23.7. The van der Waals surface area contributed by atoms with Crippen LogP contribution in [0.15, 0.2) is 128 Å². The molecule has 3 fully saturated rings. The largest absolute Gasteiger partial charge is 0.508 e. The number of benzene rings is 5. The standard InChI is InChI=1S/C93H117F3N16O22S/c1-9-10-25-70-92(133)112-46-58(115)41-73(112)88(129)105-67(42-78(120)121)85(126)107-80(50(4)5)93(134)109(7)71(37-51-19-13-11-14-20-51)86(127)101-63(30-31-77(118)119)90(131)111-45-57(114)40-72(111)87(128)104-66(39-55-43-98-62-24-18-17-23-59(55)62)84(125)103-65(35-53-26-28-56(113)29-27-53)83(124)102-64(32-49(2)3)82(123)106-69(81(122)99-44-75(97)116)47-135-48-76(117)100-68(36-54-33-60(94)79(96)61(95)34-54)89(130)110(8)74(91(132)108(70)6)38-52-21-15-12-16-22-52/h11-24,26-29,33-34,43,49-50,57-58,63-74,80,98,113-115H,9-10,25,30-32,35-42,44-48H2,1-8H3,(H2,97,116)(H,99,122)(H,100,117)(H,101,127)(H,102,124)(H,103,125)(H,104,128)(H,105,129)(H,106,123)(H,107,126)(H,118,119)(H,120,121)/t57-,58+,63-,64+,65-,66-,67-,68+,69-,70-,71+,72+,73+,74-,80-/m0/s1. The van der Waals surface area contributed by atoms with Gasteiger partial charge in [-0.15, -0.1) is 11.8 Å². The summed E-state index contributed by atoms with van der Waals surface area (Å²) in [5.41, 5.74) is 7.16. The average Bonchev–Trinajstić information content (AvgIpc) is 1.68. The quantitative estimate of drug-likeness (QED) is 0.0370. The number of phenolic OH excluding ortho intramolecular Hbond substituents is 1. The van der Waals surface area contributed by atoms with Crippen molar-refractivity contribution in [1.29, 1.82) is 0 Å². The SMILES string of the molecule is CCCC[C@H]1C(=O)N2C[C@H](O)C[C@@H]2C(=O)N[C@@H](CC(=O)O)C(=O)N[C@@H](C(C)C)C(=O)N(C)[C@H](Cc2ccccc2)C(=O)N[C@@H](CCC(=O)O)C(=O)N2C[C@@H](O)C[C@@H]2C(=O)N[C@@H](Cc2c[nH]c3ccccc23)C(=O)N[C@@H](Cc2ccc(O)cc2)C(=O)N[C@H](CC(C)C)C(=O)N[C@H](C(=O)NCC(N)=O)CSCC(=O)N[C@H](Cc2cc(F)c(F)c(F)c2)C(=O)N(C)[C@@H](Cc2ccccc2)C(=O)N1C. The summed E-state index contributed by atoms with van der Waals surface area (Å²) < 4.78 is 45.1. The number of para-hydroxylation sites is 1. The summed E-state index contributed by atoms with van der Waals surface area (Å²) in [6.45, 7) is 6.06. The predicted molar refractivity (Wildman–Crippen MR) is 484 cm³/mol. The van der Waals surface area contributed by atoms with E-state index in [-0.39, 0.29) is 44.3 Å². The first-order chi connectivity index (χ1) is 64.0. The summed E-state index contributed by atoms with van der Waals surface area (Å²) in [5, 5.41) is 77.3. The van der Waals surface area contributed by atoms with Crippen LogP contribution in [0.5, 0.6) is 5.75 Å². The van der Waals surface area contributed by atoms with Crippen LogP contribution in [-0.4, -0.2) is 299 Å². The number of fused-ring (bicyclic) bond motifs is 3. The van der Waals surface area contributed by atoms with Crippen LogP contribution < -0.4 is 53.6 Å². The number of unbranched alkanes of at least 4 members (excludes halogenated alkanes) is 1. The van der Waals surface area contributed by atoms with Gasteiger partial charge in [-0.2, -0.15) is 0 Å². The molecule has 17 N–H and O–H groups in total. The molecule has 1 aromatic heterocycles. The Morgan fingerprint density at radius 2 is 1.01 bits per heavy atom. The number of nitrogens with one attached hydrogen (secondary N) is 10. The average molecular weight is 1900 g/mol. The van der Waals surface area contributed by atoms with Crippen molar-refractivity contribution in [3.8, 4) is 5.75 Å². The third kappa shape index (κ3) is 29.2. The molecule has 135 heavy (non-hydrogen) atoms. The monoisotopic (exact) mass is 1900 g/mol. The minimum absolute atomic E-state index is 0.150. The fourth-order valence-electron chi connectivity index (χ4n) is 16.5. The molecule has 0 saturated carbocycles. The number of likely N-dealkylation sites (N-methyl/N-ethyl adjacent to an activating group) is 3. The van der Waals surface area contributed by atoms with E-state index < -0.39 is 302 Å². The number of H-pyrrole nitrogens is 1. The summed E-state index contributed by atoms with van der Waals surface area (Å²) in [6, 6.07) is 6.77. The van der Waals surface area contributed by atoms with E-state index >= 15 is 56.7 Å². The highest BCUT2D eigenvalue weighted by atomic mass is 32.2. The number of carbonyl (C=O) groups excluding carboxylic acids is 15. The van der Waals surface area contributed by atoms with Gasteiger partial charge in [0.1, 0.15) is 84.3 Å². The van der Waals surface area contributed by atoms with Gasteiger partial charge in [0.05, 0.1) is 30.9 Å². The van der Waals surface area contributed by atoms with Crippen LogP contribution in [0.3, 0.4) is 0 Å². The van der Waals surface area contributed by atoms with E-state index in [9.17, 15) is 63.5 Å². The van der Waals surface area contributed by atoms with Crippen LogP contribution in [0, 0.1) is 29.3 Å². The molecule has 728 valence electrons. The lowest BCUT2D eigenvalue weighted by molar-refractivity contribution is -0.152. The number of hydrogen-bond donors (Lipinski definition) is 16. The number of halogens is 3. The Balaban J connectivity index is 1.15. The summed E-state index contributed by atoms with van der Waals surface area (Å²) in [5.74, 6) is -27.5. The van der Waals surface area contributed by atoms with Crippen molar-refractivity contribution in [3.05, 3.63) is 173 Å². The number of aliphatic hydroxyl groups is 2. The predicted octanol–water partition coefficient (Wildman–Crippen LogP) is 0.667. The van der Waals surface area contributed by atoms with Gasteiger partial charge in [-0.1, -0.05) is 138 Å². The maximum atomic E-state index is 15.7. The van der Waals surface area contributed by atoms with E-state index in [1.165, 1.54) is 52.2 Å². The Kier molecular flexibility index (Phi) is 38.1. The number of carboxylic acid groups (broad SMARTS) is 2. The molecule has 15 atom stereocenters. The number of hydrogen-bond acceptors (Lipinski definition) is 21. The minimum atomic E-state index is -2.08. The highest BCUT2D eigenvalue weighted by molar-refractivity contribution is 8.00. The number of aliphatic hydroxyl groups excluding tert-OH is 2. The number of aromatic nitrogens is 1. The molecule has 4 heterocycles. The molecule has 3 aliphatic rings. The molecule has 3 aliphatic heterocycles. The van der Waals surface area contributed by atoms with Gasteiger partial charge in [-0.25, -0.2) is 13.2 Å². The number of primary amides is 1. The van der Waals surface area contributed by atoms with Crippen LogP contribution in [0.25, 0.3) is 10.9 Å². The lowest BCUT2D eigenvalue weighted by atomic mass is 9.98. The van der Waals surface area contributed by atoms with Crippen LogP contribution >= 0.6 is 11.8 Å². The molecular formula is C93H117F3N16O22S. The Morgan fingerprint density at radius 3 is 1.59 bits per heavy atom. The second kappa shape index (κ2) is 48.9. The fourth-order valence-corrected chi connectivity index (χ4v) is 17.3. The molecule has 42 heteroatoms. The zero-order valence-electron chi connectivity index (χ0n) is 75.9. The van der Waals surface area contributed by atoms with Crippen LogP contribution in [0.4, 0.5) is 13.2 Å². The van der Waals surface area contributed by atoms with Crippen molar-refractivity contribution < 1.29 is 120 Å². The molecule has 0 unspecified atom stereocenters. The number of thioether (sulfide) groups is 1. The van der Waals surface area contributed by atoms with Gasteiger partial charge in [0.15, 0.2) is 17.5 Å². The van der Waals surface area contributed by atoms with E-state index in [1.54, 1.807) is 112 Å². The molecule has 0 spiro atoms. The second-order valence-corrected chi connectivity index (χ2v) is 35.8. The van der Waals surface area contributed by atoms with Gasteiger partial charge in [0.2, 0.25) is 88.6 Å². The van der Waals surface area contributed by atoms with Gasteiger partial charge in [0, 0.05) is 108 Å². The van der Waals surface area contributed by atoms with Crippen LogP contribution in [-0.2, 0) is 114 Å². The molecular weight excluding hydrogens is 1780 g/mol. The number of aromatic hydroxyl groups is 1. The number of nitrogens with zero attached hydrogens (tertiary/aromatic N) is 5. The number of rotatable bonds is 24. The van der Waals surface area contributed by atoms with E-state index in [4.69, 9.17) is 5.73 Å². The molecule has 0 bridgehead atoms. The maximum absolute atomic E-state index is 15.7. The lowest BCUT2D eigenvalue weighted by Gasteiger charge is -2.38. The third-order valence-corrected chi connectivity index (χ3v) is 24.7. The molecule has 3 saturated heterocycles. The Bertz CT molecular complexity index is 5270. The van der Waals surface area contributed by atoms with E-state index in [1.807, 2.05) is 0 Å². The highest BCUT2D eigenvalue weighted by Gasteiger charge is 2.48. The zero-order valence-corrected chi connectivity index (χ0v) is 76.7. The highest BCUT2D eigenvalue weighted by Crippen LogP contribution is 2.29.